The molecule has 0 spiro atoms. The molecule has 0 radical (unpaired) electrons. The van der Waals surface area contributed by atoms with Crippen molar-refractivity contribution in [2.45, 2.75) is 0 Å². The van der Waals surface area contributed by atoms with Crippen LogP contribution < -0.4 is 0 Å². The summed E-state index contributed by atoms with van der Waals surface area (Å²) in [5.41, 5.74) is 9.01. The number of hydrogen-bond donors (Lipinski definition) is 0. The first-order valence-electron chi connectivity index (χ1n) is 18.7. The molecule has 8 heteroatoms. The molecule has 7 nitrogen and oxygen atoms in total. The van der Waals surface area contributed by atoms with Crippen molar-refractivity contribution in [1.82, 2.24) is 24.9 Å². The summed E-state index contributed by atoms with van der Waals surface area (Å²) in [6.07, 6.45) is 0. The molecule has 12 aromatic rings. The van der Waals surface area contributed by atoms with Gasteiger partial charge in [-0.15, -0.1) is 11.3 Å². The van der Waals surface area contributed by atoms with Gasteiger partial charge in [-0.2, -0.15) is 0 Å². The van der Waals surface area contributed by atoms with Gasteiger partial charge in [-0.1, -0.05) is 121 Å². The fraction of sp³-hybridized carbons (Fsp3) is 0. The molecule has 5 aromatic heterocycles. The molecule has 0 unspecified atom stereocenters. The van der Waals surface area contributed by atoms with Crippen LogP contribution in [0.3, 0.4) is 0 Å². The standard InChI is InChI=1S/C49H27N5O2S/c1-3-13-28(14-4-1)46-50-42(45-43(51-46)33-18-8-10-23-38(33)56-45)30-25-26-39-36(27-30)41-34(20-12-24-40(41)57-39)48-52-47(29-15-5-2-6-16-29)53-49(54-48)35-21-11-19-32-31-17-7-9-22-37(31)55-44(32)35/h1-27H. The van der Waals surface area contributed by atoms with Crippen LogP contribution >= 0.6 is 11.3 Å². The summed E-state index contributed by atoms with van der Waals surface area (Å²) in [5.74, 6) is 2.35. The van der Waals surface area contributed by atoms with Gasteiger partial charge in [0.1, 0.15) is 28.0 Å². The first-order valence-corrected chi connectivity index (χ1v) is 19.5. The van der Waals surface area contributed by atoms with E-state index < -0.39 is 0 Å². The van der Waals surface area contributed by atoms with E-state index in [0.717, 1.165) is 92.1 Å². The molecule has 0 bridgehead atoms. The highest BCUT2D eigenvalue weighted by molar-refractivity contribution is 7.26. The van der Waals surface area contributed by atoms with Crippen LogP contribution in [-0.2, 0) is 0 Å². The molecule has 12 rings (SSSR count). The Morgan fingerprint density at radius 3 is 1.75 bits per heavy atom. The van der Waals surface area contributed by atoms with Crippen LogP contribution in [0.2, 0.25) is 0 Å². The lowest BCUT2D eigenvalue weighted by molar-refractivity contribution is 0.667. The number of rotatable bonds is 5. The first kappa shape index (κ1) is 31.8. The predicted molar refractivity (Wildman–Crippen MR) is 230 cm³/mol. The third-order valence-electron chi connectivity index (χ3n) is 10.6. The fourth-order valence-corrected chi connectivity index (χ4v) is 9.03. The van der Waals surface area contributed by atoms with Gasteiger partial charge in [0.05, 0.1) is 5.56 Å². The Balaban J connectivity index is 1.10. The molecule has 0 amide bonds. The van der Waals surface area contributed by atoms with Gasteiger partial charge in [0, 0.05) is 58.6 Å². The third kappa shape index (κ3) is 5.08. The molecule has 0 saturated heterocycles. The number of thiophene rings is 1. The minimum absolute atomic E-state index is 0.544. The monoisotopic (exact) mass is 749 g/mol. The highest BCUT2D eigenvalue weighted by Gasteiger charge is 2.22. The zero-order chi connectivity index (χ0) is 37.5. The van der Waals surface area contributed by atoms with Crippen LogP contribution in [-0.4, -0.2) is 24.9 Å². The van der Waals surface area contributed by atoms with Crippen molar-refractivity contribution in [3.05, 3.63) is 164 Å². The van der Waals surface area contributed by atoms with E-state index in [1.807, 2.05) is 109 Å². The molecular weight excluding hydrogens is 723 g/mol. The summed E-state index contributed by atoms with van der Waals surface area (Å²) in [4.78, 5) is 25.7. The Hall–Kier alpha value is -7.55. The Kier molecular flexibility index (Phi) is 6.96. The molecule has 266 valence electrons. The largest absolute Gasteiger partial charge is 0.455 e. The summed E-state index contributed by atoms with van der Waals surface area (Å²) < 4.78 is 15.2. The van der Waals surface area contributed by atoms with Crippen molar-refractivity contribution in [3.8, 4) is 56.8 Å². The molecule has 5 heterocycles. The number of fused-ring (bicyclic) bond motifs is 9. The molecule has 0 fully saturated rings. The molecule has 0 N–H and O–H groups in total. The van der Waals surface area contributed by atoms with Gasteiger partial charge in [0.2, 0.25) is 0 Å². The summed E-state index contributed by atoms with van der Waals surface area (Å²) in [6, 6.07) is 55.3. The fourth-order valence-electron chi connectivity index (χ4n) is 7.92. The van der Waals surface area contributed by atoms with Crippen molar-refractivity contribution >= 4 is 75.5 Å². The van der Waals surface area contributed by atoms with Gasteiger partial charge >= 0.3 is 0 Å². The smallest absolute Gasteiger partial charge is 0.180 e. The van der Waals surface area contributed by atoms with Gasteiger partial charge in [0.15, 0.2) is 28.9 Å². The van der Waals surface area contributed by atoms with E-state index in [0.29, 0.717) is 28.9 Å². The lowest BCUT2D eigenvalue weighted by Crippen LogP contribution is -2.00. The summed E-state index contributed by atoms with van der Waals surface area (Å²) >= 11 is 1.74. The van der Waals surface area contributed by atoms with Crippen LogP contribution in [0.5, 0.6) is 0 Å². The van der Waals surface area contributed by atoms with Crippen molar-refractivity contribution in [2.24, 2.45) is 0 Å². The number of benzene rings is 7. The van der Waals surface area contributed by atoms with Crippen LogP contribution in [0, 0.1) is 0 Å². The number of para-hydroxylation sites is 3. The van der Waals surface area contributed by atoms with Crippen molar-refractivity contribution in [1.29, 1.82) is 0 Å². The molecule has 0 aliphatic heterocycles. The predicted octanol–water partition coefficient (Wildman–Crippen LogP) is 13.2. The zero-order valence-corrected chi connectivity index (χ0v) is 30.9. The number of aromatic nitrogens is 5. The van der Waals surface area contributed by atoms with E-state index in [4.69, 9.17) is 33.8 Å². The number of hydrogen-bond acceptors (Lipinski definition) is 8. The maximum Gasteiger partial charge on any atom is 0.180 e. The van der Waals surface area contributed by atoms with E-state index in [9.17, 15) is 0 Å². The topological polar surface area (TPSA) is 90.7 Å². The number of furan rings is 2. The average molecular weight is 750 g/mol. The lowest BCUT2D eigenvalue weighted by atomic mass is 10.0. The summed E-state index contributed by atoms with van der Waals surface area (Å²) in [6.45, 7) is 0. The highest BCUT2D eigenvalue weighted by Crippen LogP contribution is 2.43. The van der Waals surface area contributed by atoms with Gasteiger partial charge in [0.25, 0.3) is 0 Å². The maximum absolute atomic E-state index is 6.51. The lowest BCUT2D eigenvalue weighted by Gasteiger charge is -2.10. The second-order valence-corrected chi connectivity index (χ2v) is 15.1. The second kappa shape index (κ2) is 12.5. The Labute approximate surface area is 328 Å². The molecule has 0 aliphatic rings. The second-order valence-electron chi connectivity index (χ2n) is 14.0. The van der Waals surface area contributed by atoms with Gasteiger partial charge in [-0.25, -0.2) is 24.9 Å². The van der Waals surface area contributed by atoms with E-state index in [2.05, 4.69) is 54.6 Å². The van der Waals surface area contributed by atoms with Gasteiger partial charge < -0.3 is 8.83 Å². The highest BCUT2D eigenvalue weighted by atomic mass is 32.1. The Bertz CT molecular complexity index is 3540. The quantitative estimate of drug-likeness (QED) is 0.173. The van der Waals surface area contributed by atoms with Gasteiger partial charge in [-0.3, -0.25) is 0 Å². The van der Waals surface area contributed by atoms with Crippen LogP contribution in [0.15, 0.2) is 173 Å². The SMILES string of the molecule is c1ccc(-c2nc(-c3cccc4c3oc3ccccc34)nc(-c3cccc4sc5ccc(-c6nc(-c7ccccc7)nc7c6oc6ccccc67)cc5c34)n2)cc1. The van der Waals surface area contributed by atoms with Crippen molar-refractivity contribution < 1.29 is 8.83 Å². The van der Waals surface area contributed by atoms with Gasteiger partial charge in [-0.05, 0) is 42.5 Å². The third-order valence-corrected chi connectivity index (χ3v) is 11.7. The van der Waals surface area contributed by atoms with Crippen molar-refractivity contribution in [3.63, 3.8) is 0 Å². The zero-order valence-electron chi connectivity index (χ0n) is 30.0. The van der Waals surface area contributed by atoms with E-state index in [1.165, 1.54) is 0 Å². The minimum Gasteiger partial charge on any atom is -0.455 e. The Morgan fingerprint density at radius 1 is 0.368 bits per heavy atom. The summed E-state index contributed by atoms with van der Waals surface area (Å²) in [5, 5.41) is 5.17. The maximum atomic E-state index is 6.51. The molecule has 0 aliphatic carbocycles. The minimum atomic E-state index is 0.544. The molecule has 0 saturated carbocycles. The van der Waals surface area contributed by atoms with Crippen LogP contribution in [0.1, 0.15) is 0 Å². The molecule has 57 heavy (non-hydrogen) atoms. The normalized spacial score (nSPS) is 11.9. The molecular formula is C49H27N5O2S. The van der Waals surface area contributed by atoms with E-state index in [1.54, 1.807) is 11.3 Å². The van der Waals surface area contributed by atoms with E-state index >= 15 is 0 Å². The van der Waals surface area contributed by atoms with E-state index in [-0.39, 0.29) is 0 Å². The van der Waals surface area contributed by atoms with Crippen LogP contribution in [0.4, 0.5) is 0 Å². The number of nitrogens with zero attached hydrogens (tertiary/aromatic N) is 5. The average Bonchev–Trinajstić information content (AvgIpc) is 3.98. The Morgan fingerprint density at radius 2 is 0.965 bits per heavy atom. The first-order chi connectivity index (χ1) is 28.2. The molecule has 7 aromatic carbocycles. The summed E-state index contributed by atoms with van der Waals surface area (Å²) in [7, 11) is 0. The van der Waals surface area contributed by atoms with Crippen LogP contribution in [0.25, 0.3) is 121 Å². The molecule has 0 atom stereocenters. The van der Waals surface area contributed by atoms with Crippen molar-refractivity contribution in [2.75, 3.05) is 0 Å².